The van der Waals surface area contributed by atoms with Crippen LogP contribution in [0.25, 0.3) is 0 Å². The van der Waals surface area contributed by atoms with Crippen LogP contribution >= 0.6 is 0 Å². The Kier molecular flexibility index (Phi) is 6.29. The van der Waals surface area contributed by atoms with Crippen molar-refractivity contribution in [2.75, 3.05) is 33.7 Å². The fourth-order valence-corrected chi connectivity index (χ4v) is 2.35. The molecule has 100 valence electrons. The molecule has 3 N–H and O–H groups in total. The number of unbranched alkanes of at least 4 members (excludes halogenated alkanes) is 1. The van der Waals surface area contributed by atoms with Crippen molar-refractivity contribution >= 4 is 5.84 Å². The van der Waals surface area contributed by atoms with Gasteiger partial charge in [0.25, 0.3) is 0 Å². The number of nitrogens with zero attached hydrogens (tertiary/aromatic N) is 3. The third-order valence-corrected chi connectivity index (χ3v) is 3.57. The highest BCUT2D eigenvalue weighted by Crippen LogP contribution is 2.14. The molecule has 0 aromatic carbocycles. The molecule has 0 aromatic rings. The minimum absolute atomic E-state index is 0.344. The smallest absolute Gasteiger partial charge is 0.139 e. The van der Waals surface area contributed by atoms with Crippen LogP contribution in [0.1, 0.15) is 32.1 Å². The molecule has 0 unspecified atom stereocenters. The molecule has 1 heterocycles. The summed E-state index contributed by atoms with van der Waals surface area (Å²) >= 11 is 0. The highest BCUT2D eigenvalue weighted by Gasteiger charge is 2.19. The van der Waals surface area contributed by atoms with Gasteiger partial charge in [-0.3, -0.25) is 0 Å². The zero-order valence-electron chi connectivity index (χ0n) is 11.1. The van der Waals surface area contributed by atoms with Gasteiger partial charge in [0.1, 0.15) is 5.84 Å². The van der Waals surface area contributed by atoms with E-state index in [9.17, 15) is 0 Å². The monoisotopic (exact) mass is 242 g/mol. The summed E-state index contributed by atoms with van der Waals surface area (Å²) in [6.45, 7) is 3.54. The molecular weight excluding hydrogens is 216 g/mol. The van der Waals surface area contributed by atoms with Crippen LogP contribution in [0.5, 0.6) is 0 Å². The van der Waals surface area contributed by atoms with Crippen LogP contribution in [0, 0.1) is 0 Å². The van der Waals surface area contributed by atoms with Crippen LogP contribution in [0.3, 0.4) is 0 Å². The number of hydrogen-bond donors (Lipinski definition) is 2. The van der Waals surface area contributed by atoms with E-state index in [4.69, 9.17) is 10.9 Å². The van der Waals surface area contributed by atoms with E-state index < -0.39 is 0 Å². The van der Waals surface area contributed by atoms with Crippen LogP contribution in [-0.4, -0.2) is 60.6 Å². The first-order chi connectivity index (χ1) is 8.13. The number of nitrogens with two attached hydrogens (primary N) is 1. The first-order valence-electron chi connectivity index (χ1n) is 6.48. The minimum atomic E-state index is 0.344. The Labute approximate surface area is 104 Å². The van der Waals surface area contributed by atoms with Crippen molar-refractivity contribution in [1.82, 2.24) is 9.80 Å². The van der Waals surface area contributed by atoms with Gasteiger partial charge in [-0.1, -0.05) is 5.16 Å². The maximum absolute atomic E-state index is 8.41. The van der Waals surface area contributed by atoms with Crippen LogP contribution in [0.15, 0.2) is 5.16 Å². The Morgan fingerprint density at radius 1 is 1.35 bits per heavy atom. The van der Waals surface area contributed by atoms with E-state index in [1.807, 2.05) is 0 Å². The Morgan fingerprint density at radius 3 is 2.53 bits per heavy atom. The van der Waals surface area contributed by atoms with Crippen LogP contribution in [-0.2, 0) is 0 Å². The number of amidine groups is 1. The van der Waals surface area contributed by atoms with Crippen molar-refractivity contribution in [2.24, 2.45) is 10.9 Å². The van der Waals surface area contributed by atoms with Gasteiger partial charge in [0.2, 0.25) is 0 Å². The molecule has 1 aliphatic heterocycles. The molecule has 0 amide bonds. The zero-order chi connectivity index (χ0) is 12.7. The van der Waals surface area contributed by atoms with E-state index in [-0.39, 0.29) is 0 Å². The molecule has 0 bridgehead atoms. The van der Waals surface area contributed by atoms with E-state index in [0.29, 0.717) is 12.3 Å². The highest BCUT2D eigenvalue weighted by atomic mass is 16.4. The average molecular weight is 242 g/mol. The second kappa shape index (κ2) is 7.50. The number of piperidine rings is 1. The first kappa shape index (κ1) is 14.3. The maximum atomic E-state index is 8.41. The molecule has 0 spiro atoms. The normalized spacial score (nSPS) is 20.1. The summed E-state index contributed by atoms with van der Waals surface area (Å²) in [5.74, 6) is 0.344. The summed E-state index contributed by atoms with van der Waals surface area (Å²) in [6.07, 6.45) is 5.37. The second-order valence-corrected chi connectivity index (χ2v) is 5.08. The largest absolute Gasteiger partial charge is 0.409 e. The molecule has 0 atom stereocenters. The number of likely N-dealkylation sites (tertiary alicyclic amines) is 1. The van der Waals surface area contributed by atoms with Crippen LogP contribution in [0.2, 0.25) is 0 Å². The third kappa shape index (κ3) is 5.37. The summed E-state index contributed by atoms with van der Waals surface area (Å²) in [4.78, 5) is 4.85. The Morgan fingerprint density at radius 2 is 2.00 bits per heavy atom. The van der Waals surface area contributed by atoms with E-state index in [1.54, 1.807) is 0 Å². The topological polar surface area (TPSA) is 65.1 Å². The molecule has 0 aliphatic carbocycles. The van der Waals surface area contributed by atoms with Gasteiger partial charge in [0.15, 0.2) is 0 Å². The zero-order valence-corrected chi connectivity index (χ0v) is 11.1. The molecule has 17 heavy (non-hydrogen) atoms. The fourth-order valence-electron chi connectivity index (χ4n) is 2.35. The Bertz CT molecular complexity index is 235. The van der Waals surface area contributed by atoms with Crippen molar-refractivity contribution in [3.63, 3.8) is 0 Å². The summed E-state index contributed by atoms with van der Waals surface area (Å²) in [7, 11) is 4.33. The van der Waals surface area contributed by atoms with Gasteiger partial charge < -0.3 is 20.7 Å². The number of oxime groups is 1. The first-order valence-corrected chi connectivity index (χ1v) is 6.48. The predicted octanol–water partition coefficient (Wildman–Crippen LogP) is 0.929. The average Bonchev–Trinajstić information content (AvgIpc) is 2.34. The van der Waals surface area contributed by atoms with E-state index in [0.717, 1.165) is 25.4 Å². The number of rotatable bonds is 6. The summed E-state index contributed by atoms with van der Waals surface area (Å²) in [6, 6.07) is 0.753. The highest BCUT2D eigenvalue weighted by molar-refractivity contribution is 5.79. The predicted molar refractivity (Wildman–Crippen MR) is 70.4 cm³/mol. The quantitative estimate of drug-likeness (QED) is 0.239. The lowest BCUT2D eigenvalue weighted by atomic mass is 10.0. The van der Waals surface area contributed by atoms with Crippen molar-refractivity contribution in [3.05, 3.63) is 0 Å². The van der Waals surface area contributed by atoms with Crippen LogP contribution < -0.4 is 5.73 Å². The van der Waals surface area contributed by atoms with E-state index in [2.05, 4.69) is 29.1 Å². The van der Waals surface area contributed by atoms with Gasteiger partial charge in [-0.05, 0) is 59.4 Å². The second-order valence-electron chi connectivity index (χ2n) is 5.08. The number of hydrogen-bond acceptors (Lipinski definition) is 4. The lowest BCUT2D eigenvalue weighted by Crippen LogP contribution is -2.42. The Hall–Kier alpha value is -0.810. The van der Waals surface area contributed by atoms with Crippen molar-refractivity contribution in [1.29, 1.82) is 0 Å². The third-order valence-electron chi connectivity index (χ3n) is 3.57. The standard InChI is InChI=1S/C12H26N4O/c1-15(2)11-6-9-16(10-7-11)8-4-3-5-12(13)14-17/h11,17H,3-10H2,1-2H3,(H2,13,14). The molecule has 1 saturated heterocycles. The summed E-state index contributed by atoms with van der Waals surface area (Å²) in [5.41, 5.74) is 5.42. The van der Waals surface area contributed by atoms with Gasteiger partial charge in [0, 0.05) is 12.5 Å². The molecular formula is C12H26N4O. The van der Waals surface area contributed by atoms with Crippen molar-refractivity contribution < 1.29 is 5.21 Å². The van der Waals surface area contributed by atoms with Gasteiger partial charge in [0.05, 0.1) is 0 Å². The van der Waals surface area contributed by atoms with E-state index in [1.165, 1.54) is 25.9 Å². The van der Waals surface area contributed by atoms with Crippen molar-refractivity contribution in [2.45, 2.75) is 38.1 Å². The lowest BCUT2D eigenvalue weighted by Gasteiger charge is -2.35. The summed E-state index contributed by atoms with van der Waals surface area (Å²) in [5, 5.41) is 11.4. The molecule has 5 heteroatoms. The molecule has 1 rings (SSSR count). The molecule has 0 aromatic heterocycles. The Balaban J connectivity index is 2.06. The molecule has 1 fully saturated rings. The molecule has 0 saturated carbocycles. The van der Waals surface area contributed by atoms with Crippen LogP contribution in [0.4, 0.5) is 0 Å². The summed E-state index contributed by atoms with van der Waals surface area (Å²) < 4.78 is 0. The molecule has 1 aliphatic rings. The minimum Gasteiger partial charge on any atom is -0.409 e. The lowest BCUT2D eigenvalue weighted by molar-refractivity contribution is 0.143. The fraction of sp³-hybridized carbons (Fsp3) is 0.917. The van der Waals surface area contributed by atoms with Gasteiger partial charge in [-0.25, -0.2) is 0 Å². The molecule has 5 nitrogen and oxygen atoms in total. The van der Waals surface area contributed by atoms with E-state index >= 15 is 0 Å². The van der Waals surface area contributed by atoms with Gasteiger partial charge >= 0.3 is 0 Å². The SMILES string of the molecule is CN(C)C1CCN(CCCC/C(N)=N/O)CC1. The molecule has 0 radical (unpaired) electrons. The van der Waals surface area contributed by atoms with Crippen molar-refractivity contribution in [3.8, 4) is 0 Å². The van der Waals surface area contributed by atoms with Gasteiger partial charge in [-0.15, -0.1) is 0 Å². The maximum Gasteiger partial charge on any atom is 0.139 e. The van der Waals surface area contributed by atoms with Gasteiger partial charge in [-0.2, -0.15) is 0 Å².